The van der Waals surface area contributed by atoms with Gasteiger partial charge in [0.1, 0.15) is 0 Å². The summed E-state index contributed by atoms with van der Waals surface area (Å²) in [6.07, 6.45) is 3.15. The number of carbonyl (C=O) groups excluding carboxylic acids is 1. The number of fused-ring (bicyclic) bond motifs is 1. The number of nitrogens with one attached hydrogen (secondary N) is 1. The Labute approximate surface area is 132 Å². The minimum absolute atomic E-state index is 0.00613. The van der Waals surface area contributed by atoms with E-state index in [1.807, 2.05) is 17.5 Å². The number of hydrogen-bond acceptors (Lipinski definition) is 6. The van der Waals surface area contributed by atoms with Crippen molar-refractivity contribution in [2.75, 3.05) is 5.32 Å². The maximum absolute atomic E-state index is 11.8. The van der Waals surface area contributed by atoms with Gasteiger partial charge in [-0.05, 0) is 23.6 Å². The summed E-state index contributed by atoms with van der Waals surface area (Å²) in [6.45, 7) is 0. The molecule has 2 aromatic heterocycles. The molecule has 3 rings (SSSR count). The molecule has 1 amide bonds. The fraction of sp³-hybridized carbons (Fsp3) is 0. The third-order valence-corrected chi connectivity index (χ3v) is 4.53. The summed E-state index contributed by atoms with van der Waals surface area (Å²) in [4.78, 5) is 27.3. The van der Waals surface area contributed by atoms with Gasteiger partial charge < -0.3 is 0 Å². The third kappa shape index (κ3) is 3.18. The molecule has 0 atom stereocenters. The second-order valence-electron chi connectivity index (χ2n) is 4.27. The fourth-order valence-corrected chi connectivity index (χ4v) is 3.29. The van der Waals surface area contributed by atoms with Crippen molar-refractivity contribution in [2.45, 2.75) is 0 Å². The fourth-order valence-electron chi connectivity index (χ4n) is 1.77. The summed E-state index contributed by atoms with van der Waals surface area (Å²) in [5.74, 6) is -0.290. The van der Waals surface area contributed by atoms with Gasteiger partial charge in [-0.25, -0.2) is 4.98 Å². The van der Waals surface area contributed by atoms with Gasteiger partial charge in [-0.3, -0.25) is 20.2 Å². The molecule has 0 aliphatic heterocycles. The number of rotatable bonds is 4. The van der Waals surface area contributed by atoms with E-state index in [1.165, 1.54) is 40.9 Å². The molecule has 0 aliphatic rings. The number of carbonyl (C=O) groups is 1. The molecule has 2 heterocycles. The van der Waals surface area contributed by atoms with Crippen LogP contribution in [0.15, 0.2) is 41.8 Å². The number of aromatic nitrogens is 1. The molecule has 0 fully saturated rings. The quantitative estimate of drug-likeness (QED) is 0.446. The van der Waals surface area contributed by atoms with Crippen LogP contribution in [0, 0.1) is 10.1 Å². The molecule has 0 saturated carbocycles. The number of amides is 1. The van der Waals surface area contributed by atoms with Gasteiger partial charge in [0.05, 0.1) is 15.1 Å². The van der Waals surface area contributed by atoms with Crippen LogP contribution in [0.25, 0.3) is 16.3 Å². The zero-order chi connectivity index (χ0) is 15.5. The van der Waals surface area contributed by atoms with Gasteiger partial charge in [0.15, 0.2) is 5.13 Å². The summed E-state index contributed by atoms with van der Waals surface area (Å²) in [5, 5.41) is 15.7. The number of nitro groups is 1. The van der Waals surface area contributed by atoms with Gasteiger partial charge in [0.25, 0.3) is 5.69 Å². The minimum atomic E-state index is -0.457. The van der Waals surface area contributed by atoms with Crippen LogP contribution in [-0.2, 0) is 4.79 Å². The van der Waals surface area contributed by atoms with Crippen LogP contribution >= 0.6 is 22.7 Å². The van der Waals surface area contributed by atoms with Gasteiger partial charge >= 0.3 is 0 Å². The van der Waals surface area contributed by atoms with E-state index in [-0.39, 0.29) is 11.6 Å². The number of non-ortho nitro benzene ring substituents is 1. The van der Waals surface area contributed by atoms with E-state index in [2.05, 4.69) is 10.3 Å². The van der Waals surface area contributed by atoms with E-state index >= 15 is 0 Å². The van der Waals surface area contributed by atoms with E-state index in [0.29, 0.717) is 15.3 Å². The lowest BCUT2D eigenvalue weighted by molar-refractivity contribution is -0.384. The number of anilines is 1. The average molecular weight is 331 g/mol. The zero-order valence-electron chi connectivity index (χ0n) is 11.1. The summed E-state index contributed by atoms with van der Waals surface area (Å²) < 4.78 is 0.659. The van der Waals surface area contributed by atoms with E-state index < -0.39 is 4.92 Å². The molecule has 0 radical (unpaired) electrons. The lowest BCUT2D eigenvalue weighted by Gasteiger charge is -1.94. The molecule has 0 spiro atoms. The smallest absolute Gasteiger partial charge is 0.270 e. The van der Waals surface area contributed by atoms with Crippen LogP contribution in [-0.4, -0.2) is 15.8 Å². The maximum atomic E-state index is 11.8. The van der Waals surface area contributed by atoms with Crippen LogP contribution in [0.3, 0.4) is 0 Å². The zero-order valence-corrected chi connectivity index (χ0v) is 12.7. The predicted octanol–water partition coefficient (Wildman–Crippen LogP) is 3.92. The summed E-state index contributed by atoms with van der Waals surface area (Å²) >= 11 is 2.74. The van der Waals surface area contributed by atoms with Crippen molar-refractivity contribution < 1.29 is 9.72 Å². The van der Waals surface area contributed by atoms with Crippen LogP contribution < -0.4 is 5.32 Å². The molecule has 0 bridgehead atoms. The Morgan fingerprint density at radius 2 is 2.23 bits per heavy atom. The highest BCUT2D eigenvalue weighted by Crippen LogP contribution is 2.29. The largest absolute Gasteiger partial charge is 0.298 e. The van der Waals surface area contributed by atoms with Crippen molar-refractivity contribution in [3.8, 4) is 0 Å². The van der Waals surface area contributed by atoms with Gasteiger partial charge in [-0.2, -0.15) is 0 Å². The Morgan fingerprint density at radius 3 is 2.95 bits per heavy atom. The second-order valence-corrected chi connectivity index (χ2v) is 6.28. The lowest BCUT2D eigenvalue weighted by Crippen LogP contribution is -2.06. The molecule has 6 nitrogen and oxygen atoms in total. The molecule has 8 heteroatoms. The molecule has 1 aromatic carbocycles. The average Bonchev–Trinajstić information content (AvgIpc) is 3.13. The van der Waals surface area contributed by atoms with Crippen molar-refractivity contribution in [1.82, 2.24) is 4.98 Å². The minimum Gasteiger partial charge on any atom is -0.298 e. The van der Waals surface area contributed by atoms with Gasteiger partial charge in [-0.1, -0.05) is 17.4 Å². The number of nitrogens with zero attached hydrogens (tertiary/aromatic N) is 2. The SMILES string of the molecule is O=C(/C=C/c1cccs1)Nc1nc2ccc([N+](=O)[O-])cc2s1. The first-order chi connectivity index (χ1) is 10.6. The van der Waals surface area contributed by atoms with Gasteiger partial charge in [-0.15, -0.1) is 11.3 Å². The van der Waals surface area contributed by atoms with Crippen LogP contribution in [0.1, 0.15) is 4.88 Å². The Balaban J connectivity index is 1.76. The molecule has 0 unspecified atom stereocenters. The first-order valence-electron chi connectivity index (χ1n) is 6.19. The molecule has 22 heavy (non-hydrogen) atoms. The second kappa shape index (κ2) is 6.04. The predicted molar refractivity (Wildman–Crippen MR) is 88.3 cm³/mol. The summed E-state index contributed by atoms with van der Waals surface area (Å²) in [5.41, 5.74) is 0.625. The van der Waals surface area contributed by atoms with Crippen molar-refractivity contribution in [3.05, 3.63) is 56.8 Å². The van der Waals surface area contributed by atoms with Crippen molar-refractivity contribution in [3.63, 3.8) is 0 Å². The molecule has 3 aromatic rings. The first-order valence-corrected chi connectivity index (χ1v) is 7.89. The van der Waals surface area contributed by atoms with Crippen molar-refractivity contribution in [2.24, 2.45) is 0 Å². The van der Waals surface area contributed by atoms with E-state index in [0.717, 1.165) is 4.88 Å². The molecule has 110 valence electrons. The number of thiazole rings is 1. The number of nitro benzene ring substituents is 1. The third-order valence-electron chi connectivity index (χ3n) is 2.76. The van der Waals surface area contributed by atoms with E-state index in [4.69, 9.17) is 0 Å². The van der Waals surface area contributed by atoms with Gasteiger partial charge in [0.2, 0.25) is 5.91 Å². The first kappa shape index (κ1) is 14.4. The Morgan fingerprint density at radius 1 is 1.36 bits per heavy atom. The standard InChI is InChI=1S/C14H9N3O3S2/c18-13(6-4-10-2-1-7-21-10)16-14-15-11-5-3-9(17(19)20)8-12(11)22-14/h1-8H,(H,15,16,18)/b6-4+. The molecular formula is C14H9N3O3S2. The van der Waals surface area contributed by atoms with Crippen LogP contribution in [0.4, 0.5) is 10.8 Å². The van der Waals surface area contributed by atoms with E-state index in [9.17, 15) is 14.9 Å². The van der Waals surface area contributed by atoms with Crippen molar-refractivity contribution >= 4 is 55.7 Å². The normalized spacial score (nSPS) is 11.1. The molecular weight excluding hydrogens is 322 g/mol. The number of benzene rings is 1. The van der Waals surface area contributed by atoms with E-state index in [1.54, 1.807) is 12.1 Å². The highest BCUT2D eigenvalue weighted by molar-refractivity contribution is 7.22. The van der Waals surface area contributed by atoms with Gasteiger partial charge in [0, 0.05) is 23.1 Å². The maximum Gasteiger partial charge on any atom is 0.270 e. The summed E-state index contributed by atoms with van der Waals surface area (Å²) in [6, 6.07) is 8.23. The Kier molecular flexibility index (Phi) is 3.94. The highest BCUT2D eigenvalue weighted by Gasteiger charge is 2.11. The molecule has 1 N–H and O–H groups in total. The molecule has 0 saturated heterocycles. The Bertz CT molecular complexity index is 869. The molecule has 0 aliphatic carbocycles. The lowest BCUT2D eigenvalue weighted by atomic mass is 10.3. The Hall–Kier alpha value is -2.58. The highest BCUT2D eigenvalue weighted by atomic mass is 32.1. The number of hydrogen-bond donors (Lipinski definition) is 1. The van der Waals surface area contributed by atoms with Crippen LogP contribution in [0.2, 0.25) is 0 Å². The monoisotopic (exact) mass is 331 g/mol. The van der Waals surface area contributed by atoms with Crippen molar-refractivity contribution in [1.29, 1.82) is 0 Å². The number of thiophene rings is 1. The summed E-state index contributed by atoms with van der Waals surface area (Å²) in [7, 11) is 0. The van der Waals surface area contributed by atoms with Crippen LogP contribution in [0.5, 0.6) is 0 Å². The topological polar surface area (TPSA) is 85.1 Å².